The van der Waals surface area contributed by atoms with Crippen LogP contribution in [-0.2, 0) is 13.5 Å². The van der Waals surface area contributed by atoms with Crippen LogP contribution in [0.25, 0.3) is 10.9 Å². The van der Waals surface area contributed by atoms with E-state index in [1.165, 1.54) is 12.1 Å². The first-order chi connectivity index (χ1) is 10.0. The Hall–Kier alpha value is -1.91. The van der Waals surface area contributed by atoms with E-state index in [4.69, 9.17) is 11.6 Å². The molecular weight excluding hydrogens is 291 g/mol. The van der Waals surface area contributed by atoms with Crippen molar-refractivity contribution in [3.05, 3.63) is 64.6 Å². The van der Waals surface area contributed by atoms with Crippen LogP contribution in [0.15, 0.2) is 42.5 Å². The van der Waals surface area contributed by atoms with Crippen LogP contribution in [-0.4, -0.2) is 14.9 Å². The van der Waals surface area contributed by atoms with Gasteiger partial charge in [-0.25, -0.2) is 4.39 Å². The Kier molecular flexibility index (Phi) is 3.66. The third-order valence-electron chi connectivity index (χ3n) is 3.49. The van der Waals surface area contributed by atoms with Crippen LogP contribution in [0.5, 0.6) is 0 Å². The fourth-order valence-corrected chi connectivity index (χ4v) is 2.74. The topological polar surface area (TPSA) is 38.0 Å². The molecule has 1 unspecified atom stereocenters. The first-order valence-corrected chi connectivity index (χ1v) is 6.97. The van der Waals surface area contributed by atoms with Crippen LogP contribution in [0.3, 0.4) is 0 Å². The Morgan fingerprint density at radius 3 is 2.81 bits per heavy atom. The molecule has 0 aliphatic carbocycles. The van der Waals surface area contributed by atoms with Crippen molar-refractivity contribution in [3.8, 4) is 0 Å². The normalized spacial score (nSPS) is 12.8. The maximum atomic E-state index is 13.4. The summed E-state index contributed by atoms with van der Waals surface area (Å²) in [6, 6.07) is 11.9. The van der Waals surface area contributed by atoms with Gasteiger partial charge in [0.2, 0.25) is 0 Å². The first-order valence-electron chi connectivity index (χ1n) is 6.59. The molecule has 108 valence electrons. The smallest absolute Gasteiger partial charge is 0.125 e. The van der Waals surface area contributed by atoms with Gasteiger partial charge in [-0.05, 0) is 29.8 Å². The molecule has 5 heteroatoms. The van der Waals surface area contributed by atoms with Gasteiger partial charge in [-0.15, -0.1) is 0 Å². The minimum atomic E-state index is -0.850. The van der Waals surface area contributed by atoms with Crippen molar-refractivity contribution in [2.45, 2.75) is 12.5 Å². The lowest BCUT2D eigenvalue weighted by molar-refractivity contribution is 0.177. The van der Waals surface area contributed by atoms with Gasteiger partial charge in [-0.1, -0.05) is 29.8 Å². The van der Waals surface area contributed by atoms with Crippen LogP contribution in [0, 0.1) is 5.82 Å². The second kappa shape index (κ2) is 5.47. The lowest BCUT2D eigenvalue weighted by atomic mass is 10.0. The van der Waals surface area contributed by atoms with E-state index in [0.717, 1.165) is 16.6 Å². The Bertz CT molecular complexity index is 780. The van der Waals surface area contributed by atoms with Crippen LogP contribution in [0.1, 0.15) is 17.4 Å². The molecule has 0 aliphatic rings. The van der Waals surface area contributed by atoms with Crippen molar-refractivity contribution in [2.24, 2.45) is 7.05 Å². The summed E-state index contributed by atoms with van der Waals surface area (Å²) in [7, 11) is 1.86. The summed E-state index contributed by atoms with van der Waals surface area (Å²) in [5, 5.41) is 16.0. The summed E-state index contributed by atoms with van der Waals surface area (Å²) < 4.78 is 15.1. The number of aryl methyl sites for hydroxylation is 1. The molecular formula is C16H14ClFN2O. The second-order valence-electron chi connectivity index (χ2n) is 5.01. The van der Waals surface area contributed by atoms with Crippen molar-refractivity contribution < 1.29 is 9.50 Å². The maximum absolute atomic E-state index is 13.4. The number of para-hydroxylation sites is 1. The molecule has 3 rings (SSSR count). The van der Waals surface area contributed by atoms with Gasteiger partial charge in [0.25, 0.3) is 0 Å². The van der Waals surface area contributed by atoms with Gasteiger partial charge < -0.3 is 5.11 Å². The molecule has 0 radical (unpaired) electrons. The summed E-state index contributed by atoms with van der Waals surface area (Å²) in [5.41, 5.74) is 2.23. The number of hydrogen-bond donors (Lipinski definition) is 1. The number of benzene rings is 2. The van der Waals surface area contributed by atoms with Crippen LogP contribution < -0.4 is 0 Å². The molecule has 3 aromatic rings. The van der Waals surface area contributed by atoms with Crippen molar-refractivity contribution in [3.63, 3.8) is 0 Å². The van der Waals surface area contributed by atoms with Crippen molar-refractivity contribution >= 4 is 22.5 Å². The number of halogens is 2. The third kappa shape index (κ3) is 2.77. The van der Waals surface area contributed by atoms with E-state index in [1.54, 1.807) is 10.7 Å². The van der Waals surface area contributed by atoms with Crippen molar-refractivity contribution in [1.29, 1.82) is 0 Å². The van der Waals surface area contributed by atoms with E-state index in [0.29, 0.717) is 12.0 Å². The molecule has 21 heavy (non-hydrogen) atoms. The first kappa shape index (κ1) is 14.0. The molecule has 1 atom stereocenters. The molecule has 0 saturated carbocycles. The van der Waals surface area contributed by atoms with Crippen LogP contribution in [0.2, 0.25) is 5.02 Å². The highest BCUT2D eigenvalue weighted by molar-refractivity contribution is 6.30. The van der Waals surface area contributed by atoms with E-state index in [-0.39, 0.29) is 5.02 Å². The number of rotatable bonds is 3. The average Bonchev–Trinajstić information content (AvgIpc) is 2.75. The molecule has 0 aliphatic heterocycles. The highest BCUT2D eigenvalue weighted by Gasteiger charge is 2.15. The van der Waals surface area contributed by atoms with Crippen molar-refractivity contribution in [1.82, 2.24) is 9.78 Å². The Morgan fingerprint density at radius 1 is 1.29 bits per heavy atom. The number of aliphatic hydroxyl groups excluding tert-OH is 1. The number of aliphatic hydroxyl groups is 1. The molecule has 0 bridgehead atoms. The van der Waals surface area contributed by atoms with Crippen molar-refractivity contribution in [2.75, 3.05) is 0 Å². The molecule has 0 amide bonds. The molecule has 0 fully saturated rings. The van der Waals surface area contributed by atoms with Gasteiger partial charge >= 0.3 is 0 Å². The van der Waals surface area contributed by atoms with Gasteiger partial charge in [0.05, 0.1) is 17.3 Å². The predicted molar refractivity (Wildman–Crippen MR) is 80.8 cm³/mol. The third-order valence-corrected chi connectivity index (χ3v) is 3.71. The van der Waals surface area contributed by atoms with E-state index >= 15 is 0 Å². The highest BCUT2D eigenvalue weighted by Crippen LogP contribution is 2.26. The summed E-state index contributed by atoms with van der Waals surface area (Å²) in [6.07, 6.45) is -0.544. The Labute approximate surface area is 126 Å². The van der Waals surface area contributed by atoms with Gasteiger partial charge in [-0.3, -0.25) is 4.68 Å². The standard InChI is InChI=1S/C16H14ClFN2O/c1-20-15-5-3-2-4-13(15)14(19-20)9-16(21)10-6-11(17)8-12(18)7-10/h2-8,16,21H,9H2,1H3. The Morgan fingerprint density at radius 2 is 2.05 bits per heavy atom. The van der Waals surface area contributed by atoms with Crippen LogP contribution >= 0.6 is 11.6 Å². The zero-order valence-electron chi connectivity index (χ0n) is 11.4. The number of fused-ring (bicyclic) bond motifs is 1. The summed E-state index contributed by atoms with van der Waals surface area (Å²) in [4.78, 5) is 0. The van der Waals surface area contributed by atoms with E-state index < -0.39 is 11.9 Å². The van der Waals surface area contributed by atoms with Gasteiger partial charge in [0.1, 0.15) is 5.82 Å². The molecule has 0 spiro atoms. The monoisotopic (exact) mass is 304 g/mol. The maximum Gasteiger partial charge on any atom is 0.125 e. The molecule has 1 N–H and O–H groups in total. The zero-order chi connectivity index (χ0) is 15.0. The Balaban J connectivity index is 1.94. The van der Waals surface area contributed by atoms with Crippen LogP contribution in [0.4, 0.5) is 4.39 Å². The SMILES string of the molecule is Cn1nc(CC(O)c2cc(F)cc(Cl)c2)c2ccccc21. The second-order valence-corrected chi connectivity index (χ2v) is 5.45. The fourth-order valence-electron chi connectivity index (χ4n) is 2.51. The number of hydrogen-bond acceptors (Lipinski definition) is 2. The molecule has 3 nitrogen and oxygen atoms in total. The minimum Gasteiger partial charge on any atom is -0.388 e. The average molecular weight is 305 g/mol. The minimum absolute atomic E-state index is 0.273. The van der Waals surface area contributed by atoms with Gasteiger partial charge in [-0.2, -0.15) is 5.10 Å². The predicted octanol–water partition coefficient (Wildman–Crippen LogP) is 3.64. The van der Waals surface area contributed by atoms with Gasteiger partial charge in [0.15, 0.2) is 0 Å². The summed E-state index contributed by atoms with van der Waals surface area (Å²) >= 11 is 5.83. The van der Waals surface area contributed by atoms with E-state index in [1.807, 2.05) is 31.3 Å². The molecule has 1 aromatic heterocycles. The molecule has 1 heterocycles. The fraction of sp³-hybridized carbons (Fsp3) is 0.188. The zero-order valence-corrected chi connectivity index (χ0v) is 12.2. The van der Waals surface area contributed by atoms with E-state index in [2.05, 4.69) is 5.10 Å². The van der Waals surface area contributed by atoms with Gasteiger partial charge in [0, 0.05) is 23.9 Å². The van der Waals surface area contributed by atoms with E-state index in [9.17, 15) is 9.50 Å². The molecule has 0 saturated heterocycles. The molecule has 2 aromatic carbocycles. The summed E-state index contributed by atoms with van der Waals surface area (Å²) in [6.45, 7) is 0. The largest absolute Gasteiger partial charge is 0.388 e. The number of nitrogens with zero attached hydrogens (tertiary/aromatic N) is 2. The number of aromatic nitrogens is 2. The highest BCUT2D eigenvalue weighted by atomic mass is 35.5. The lowest BCUT2D eigenvalue weighted by Crippen LogP contribution is -2.04. The lowest BCUT2D eigenvalue weighted by Gasteiger charge is -2.10. The quantitative estimate of drug-likeness (QED) is 0.802. The summed E-state index contributed by atoms with van der Waals surface area (Å²) in [5.74, 6) is -0.456.